The monoisotopic (exact) mass is 430 g/mol. The van der Waals surface area contributed by atoms with E-state index in [2.05, 4.69) is 83.1 Å². The summed E-state index contributed by atoms with van der Waals surface area (Å²) in [7, 11) is -1.84. The SMILES string of the molecule is CC(C)(C)C(C(=O)O[SiH2]CC[SiH2]OC(=O)C(C(C)(C)C)C(C)(C)C)C(C)(C)C. The van der Waals surface area contributed by atoms with Crippen molar-refractivity contribution in [1.29, 1.82) is 0 Å². The third-order valence-corrected chi connectivity index (χ3v) is 8.52. The lowest BCUT2D eigenvalue weighted by Crippen LogP contribution is -2.40. The molecule has 0 aromatic carbocycles. The molecule has 0 aliphatic heterocycles. The zero-order valence-electron chi connectivity index (χ0n) is 20.6. The van der Waals surface area contributed by atoms with Gasteiger partial charge in [-0.05, 0) is 33.7 Å². The van der Waals surface area contributed by atoms with E-state index in [0.29, 0.717) is 0 Å². The highest BCUT2D eigenvalue weighted by atomic mass is 28.2. The van der Waals surface area contributed by atoms with Crippen LogP contribution in [0.25, 0.3) is 0 Å². The molecule has 0 aromatic heterocycles. The van der Waals surface area contributed by atoms with E-state index in [9.17, 15) is 9.59 Å². The zero-order chi connectivity index (χ0) is 22.6. The number of hydrogen-bond acceptors (Lipinski definition) is 4. The van der Waals surface area contributed by atoms with Gasteiger partial charge in [0.25, 0.3) is 11.9 Å². The summed E-state index contributed by atoms with van der Waals surface area (Å²) in [4.78, 5) is 25.3. The average molecular weight is 431 g/mol. The molecular weight excluding hydrogens is 384 g/mol. The van der Waals surface area contributed by atoms with Crippen molar-refractivity contribution in [2.24, 2.45) is 33.5 Å². The second-order valence-electron chi connectivity index (χ2n) is 12.4. The quantitative estimate of drug-likeness (QED) is 0.441. The van der Waals surface area contributed by atoms with Gasteiger partial charge in [0.2, 0.25) is 19.5 Å². The molecule has 0 heterocycles. The Hall–Kier alpha value is -0.626. The van der Waals surface area contributed by atoms with Crippen molar-refractivity contribution in [3.05, 3.63) is 0 Å². The van der Waals surface area contributed by atoms with Crippen LogP contribution < -0.4 is 0 Å². The minimum absolute atomic E-state index is 0.0640. The van der Waals surface area contributed by atoms with Crippen molar-refractivity contribution in [2.75, 3.05) is 0 Å². The fourth-order valence-corrected chi connectivity index (χ4v) is 7.39. The summed E-state index contributed by atoms with van der Waals surface area (Å²) in [6.07, 6.45) is 0. The van der Waals surface area contributed by atoms with Crippen LogP contribution in [-0.2, 0) is 18.4 Å². The molecule has 0 amide bonds. The lowest BCUT2D eigenvalue weighted by atomic mass is 9.67. The molecule has 0 radical (unpaired) electrons. The van der Waals surface area contributed by atoms with Gasteiger partial charge in [-0.3, -0.25) is 9.59 Å². The van der Waals surface area contributed by atoms with E-state index < -0.39 is 19.5 Å². The zero-order valence-corrected chi connectivity index (χ0v) is 23.4. The first-order chi connectivity index (χ1) is 12.3. The summed E-state index contributed by atoms with van der Waals surface area (Å²) < 4.78 is 11.4. The minimum atomic E-state index is -0.920. The standard InChI is InChI=1S/C22H46O4Si2/c1-19(2,3)15(20(4,5)6)17(23)25-27-13-14-28-26-18(24)16(21(7,8)9)22(10,11)12/h15-16H,13-14,27-28H2,1-12H3. The Labute approximate surface area is 178 Å². The summed E-state index contributed by atoms with van der Waals surface area (Å²) in [5.74, 6) is -0.375. The van der Waals surface area contributed by atoms with Crippen molar-refractivity contribution >= 4 is 31.5 Å². The molecule has 0 unspecified atom stereocenters. The van der Waals surface area contributed by atoms with Gasteiger partial charge in [0.05, 0.1) is 11.8 Å². The van der Waals surface area contributed by atoms with Gasteiger partial charge in [0.1, 0.15) is 0 Å². The number of carbonyl (C=O) groups excluding carboxylic acids is 2. The van der Waals surface area contributed by atoms with Crippen LogP contribution in [0.15, 0.2) is 0 Å². The highest BCUT2D eigenvalue weighted by molar-refractivity contribution is 6.37. The molecular formula is C22H46O4Si2. The van der Waals surface area contributed by atoms with Gasteiger partial charge < -0.3 is 8.85 Å². The molecule has 0 spiro atoms. The number of rotatable bonds is 7. The maximum Gasteiger partial charge on any atom is 0.296 e. The Morgan fingerprint density at radius 2 is 0.786 bits per heavy atom. The molecule has 0 saturated carbocycles. The van der Waals surface area contributed by atoms with Crippen LogP contribution in [0.3, 0.4) is 0 Å². The Kier molecular flexibility index (Phi) is 9.70. The van der Waals surface area contributed by atoms with Crippen LogP contribution in [0, 0.1) is 33.5 Å². The number of hydrogen-bond donors (Lipinski definition) is 0. The third kappa shape index (κ3) is 9.25. The van der Waals surface area contributed by atoms with Crippen molar-refractivity contribution < 1.29 is 18.4 Å². The summed E-state index contributed by atoms with van der Waals surface area (Å²) in [6, 6.07) is 1.78. The lowest BCUT2D eigenvalue weighted by molar-refractivity contribution is -0.149. The van der Waals surface area contributed by atoms with E-state index in [1.165, 1.54) is 0 Å². The fourth-order valence-electron chi connectivity index (χ4n) is 4.73. The highest BCUT2D eigenvalue weighted by Crippen LogP contribution is 2.41. The topological polar surface area (TPSA) is 52.6 Å². The molecule has 0 fully saturated rings. The van der Waals surface area contributed by atoms with Gasteiger partial charge in [-0.25, -0.2) is 0 Å². The molecule has 0 atom stereocenters. The van der Waals surface area contributed by atoms with Gasteiger partial charge >= 0.3 is 0 Å². The molecule has 0 rings (SSSR count). The molecule has 0 aliphatic rings. The minimum Gasteiger partial charge on any atom is -0.525 e. The van der Waals surface area contributed by atoms with E-state index in [4.69, 9.17) is 8.85 Å². The molecule has 28 heavy (non-hydrogen) atoms. The largest absolute Gasteiger partial charge is 0.525 e. The van der Waals surface area contributed by atoms with E-state index in [1.54, 1.807) is 0 Å². The number of carbonyl (C=O) groups is 2. The molecule has 4 nitrogen and oxygen atoms in total. The van der Waals surface area contributed by atoms with Crippen LogP contribution in [0.4, 0.5) is 0 Å². The molecule has 0 aliphatic carbocycles. The highest BCUT2D eigenvalue weighted by Gasteiger charge is 2.42. The van der Waals surface area contributed by atoms with Crippen molar-refractivity contribution in [3.8, 4) is 0 Å². The van der Waals surface area contributed by atoms with Crippen LogP contribution >= 0.6 is 0 Å². The van der Waals surface area contributed by atoms with Crippen molar-refractivity contribution in [3.63, 3.8) is 0 Å². The molecule has 0 bridgehead atoms. The van der Waals surface area contributed by atoms with Gasteiger partial charge in [0, 0.05) is 0 Å². The van der Waals surface area contributed by atoms with Gasteiger partial charge in [-0.2, -0.15) is 0 Å². The third-order valence-electron chi connectivity index (χ3n) is 4.96. The molecule has 166 valence electrons. The maximum atomic E-state index is 12.6. The summed E-state index contributed by atoms with van der Waals surface area (Å²) >= 11 is 0. The normalized spacial score (nSPS) is 14.6. The van der Waals surface area contributed by atoms with Gasteiger partial charge in [0.15, 0.2) is 0 Å². The summed E-state index contributed by atoms with van der Waals surface area (Å²) in [5.41, 5.74) is -0.488. The Balaban J connectivity index is 4.48. The fraction of sp³-hybridized carbons (Fsp3) is 0.909. The second kappa shape index (κ2) is 9.92. The maximum absolute atomic E-state index is 12.6. The predicted molar refractivity (Wildman–Crippen MR) is 124 cm³/mol. The van der Waals surface area contributed by atoms with E-state index in [0.717, 1.165) is 12.1 Å². The Morgan fingerprint density at radius 3 is 0.964 bits per heavy atom. The second-order valence-corrected chi connectivity index (χ2v) is 15.2. The van der Waals surface area contributed by atoms with Crippen LogP contribution in [0.5, 0.6) is 0 Å². The molecule has 6 heteroatoms. The van der Waals surface area contributed by atoms with E-state index in [1.807, 2.05) is 0 Å². The van der Waals surface area contributed by atoms with Crippen molar-refractivity contribution in [2.45, 2.75) is 95.2 Å². The predicted octanol–water partition coefficient (Wildman–Crippen LogP) is 4.49. The van der Waals surface area contributed by atoms with Gasteiger partial charge in [-0.15, -0.1) is 0 Å². The van der Waals surface area contributed by atoms with Gasteiger partial charge in [-0.1, -0.05) is 83.1 Å². The first-order valence-corrected chi connectivity index (χ1v) is 13.8. The Morgan fingerprint density at radius 1 is 0.571 bits per heavy atom. The Bertz CT molecular complexity index is 441. The van der Waals surface area contributed by atoms with E-state index >= 15 is 0 Å². The van der Waals surface area contributed by atoms with Crippen molar-refractivity contribution in [1.82, 2.24) is 0 Å². The molecule has 0 N–H and O–H groups in total. The average Bonchev–Trinajstić information content (AvgIpc) is 2.35. The van der Waals surface area contributed by atoms with Crippen LogP contribution in [0.1, 0.15) is 83.1 Å². The molecule has 0 saturated heterocycles. The summed E-state index contributed by atoms with van der Waals surface area (Å²) in [6.45, 7) is 25.2. The van der Waals surface area contributed by atoms with E-state index in [-0.39, 0.29) is 45.4 Å². The summed E-state index contributed by atoms with van der Waals surface area (Å²) in [5, 5.41) is 0. The van der Waals surface area contributed by atoms with Crippen LogP contribution in [0.2, 0.25) is 12.1 Å². The smallest absolute Gasteiger partial charge is 0.296 e. The first-order valence-electron chi connectivity index (χ1n) is 10.6. The van der Waals surface area contributed by atoms with Crippen LogP contribution in [-0.4, -0.2) is 31.5 Å². The lowest BCUT2D eigenvalue weighted by Gasteiger charge is -2.39. The first kappa shape index (κ1) is 27.4. The molecule has 0 aromatic rings.